The van der Waals surface area contributed by atoms with E-state index in [0.29, 0.717) is 35.7 Å². The summed E-state index contributed by atoms with van der Waals surface area (Å²) in [5, 5.41) is 17.5. The molecule has 2 saturated carbocycles. The number of aromatic nitrogens is 4. The molecular weight excluding hydrogens is 426 g/mol. The first-order chi connectivity index (χ1) is 15.9. The first kappa shape index (κ1) is 23.0. The van der Waals surface area contributed by atoms with Gasteiger partial charge in [-0.15, -0.1) is 5.10 Å². The number of carbonyl (C=O) groups is 2. The Morgan fingerprint density at radius 1 is 1.18 bits per heavy atom. The van der Waals surface area contributed by atoms with Gasteiger partial charge in [-0.1, -0.05) is 18.1 Å². The Kier molecular flexibility index (Phi) is 7.10. The molecule has 0 bridgehead atoms. The molecule has 178 valence electrons. The highest BCUT2D eigenvalue weighted by atomic mass is 16.6. The van der Waals surface area contributed by atoms with E-state index in [9.17, 15) is 14.7 Å². The lowest BCUT2D eigenvalue weighted by Gasteiger charge is -2.27. The molecule has 0 radical (unpaired) electrons. The predicted octanol–water partition coefficient (Wildman–Crippen LogP) is 3.41. The van der Waals surface area contributed by atoms with Crippen LogP contribution in [-0.2, 0) is 23.2 Å². The second kappa shape index (κ2) is 10.2. The Morgan fingerprint density at radius 3 is 2.67 bits per heavy atom. The van der Waals surface area contributed by atoms with E-state index in [0.717, 1.165) is 38.5 Å². The van der Waals surface area contributed by atoms with Gasteiger partial charge in [-0.25, -0.2) is 9.48 Å². The first-order valence-electron chi connectivity index (χ1n) is 11.6. The fraction of sp³-hybridized carbons (Fsp3) is 0.609. The van der Waals surface area contributed by atoms with Crippen molar-refractivity contribution in [2.75, 3.05) is 7.05 Å². The number of hydrogen-bond acceptors (Lipinski definition) is 7. The van der Waals surface area contributed by atoms with Crippen LogP contribution in [0.2, 0.25) is 0 Å². The summed E-state index contributed by atoms with van der Waals surface area (Å²) in [4.78, 5) is 29.9. The normalized spacial score (nSPS) is 21.0. The standard InChI is InChI=1S/C23H31N5O5/c1-27(16-7-3-4-8-16)23(31)32-14-20-21(25-26-28(20)2)19-11-10-18(13-24-19)33-17-9-5-6-15(12-17)22(29)30/h10-11,13,15-17H,3-9,12,14H2,1-2H3,(H,29,30)/t15-,17-/m0/s1. The molecule has 0 spiro atoms. The summed E-state index contributed by atoms with van der Waals surface area (Å²) < 4.78 is 13.1. The molecule has 2 aliphatic rings. The van der Waals surface area contributed by atoms with E-state index >= 15 is 0 Å². The summed E-state index contributed by atoms with van der Waals surface area (Å²) in [5.41, 5.74) is 1.79. The molecule has 0 aliphatic heterocycles. The van der Waals surface area contributed by atoms with E-state index in [2.05, 4.69) is 15.3 Å². The van der Waals surface area contributed by atoms with Crippen LogP contribution in [0.25, 0.3) is 11.4 Å². The molecular formula is C23H31N5O5. The molecule has 10 heteroatoms. The van der Waals surface area contributed by atoms with E-state index in [4.69, 9.17) is 9.47 Å². The number of aryl methyl sites for hydroxylation is 1. The third-order valence-corrected chi connectivity index (χ3v) is 6.69. The minimum absolute atomic E-state index is 0.0489. The number of hydrogen-bond donors (Lipinski definition) is 1. The van der Waals surface area contributed by atoms with Crippen molar-refractivity contribution in [1.29, 1.82) is 0 Å². The molecule has 33 heavy (non-hydrogen) atoms. The number of carboxylic acid groups (broad SMARTS) is 1. The van der Waals surface area contributed by atoms with E-state index in [-0.39, 0.29) is 30.8 Å². The van der Waals surface area contributed by atoms with Crippen molar-refractivity contribution in [1.82, 2.24) is 24.9 Å². The van der Waals surface area contributed by atoms with Crippen LogP contribution < -0.4 is 4.74 Å². The largest absolute Gasteiger partial charge is 0.489 e. The highest BCUT2D eigenvalue weighted by Crippen LogP contribution is 2.29. The molecule has 0 unspecified atom stereocenters. The average Bonchev–Trinajstić information content (AvgIpc) is 3.48. The lowest BCUT2D eigenvalue weighted by molar-refractivity contribution is -0.143. The Labute approximate surface area is 192 Å². The summed E-state index contributed by atoms with van der Waals surface area (Å²) >= 11 is 0. The summed E-state index contributed by atoms with van der Waals surface area (Å²) in [6.07, 6.45) is 8.32. The monoisotopic (exact) mass is 457 g/mol. The Balaban J connectivity index is 1.38. The number of aliphatic carboxylic acids is 1. The number of rotatable bonds is 7. The Bertz CT molecular complexity index is 970. The van der Waals surface area contributed by atoms with Crippen molar-refractivity contribution in [3.05, 3.63) is 24.0 Å². The Hall–Kier alpha value is -3.17. The van der Waals surface area contributed by atoms with Gasteiger partial charge in [0.2, 0.25) is 0 Å². The fourth-order valence-corrected chi connectivity index (χ4v) is 4.67. The maximum absolute atomic E-state index is 12.5. The highest BCUT2D eigenvalue weighted by Gasteiger charge is 2.28. The van der Waals surface area contributed by atoms with Gasteiger partial charge in [0, 0.05) is 20.1 Å². The third-order valence-electron chi connectivity index (χ3n) is 6.69. The number of amides is 1. The zero-order valence-corrected chi connectivity index (χ0v) is 19.1. The number of pyridine rings is 1. The van der Waals surface area contributed by atoms with E-state index < -0.39 is 5.97 Å². The van der Waals surface area contributed by atoms with Crippen molar-refractivity contribution < 1.29 is 24.2 Å². The number of carbonyl (C=O) groups excluding carboxylic acids is 1. The SMILES string of the molecule is CN(C(=O)OCc1c(-c2ccc(O[C@H]3CCC[C@H](C(=O)O)C3)cn2)nnn1C)C1CCCC1. The van der Waals surface area contributed by atoms with Gasteiger partial charge >= 0.3 is 12.1 Å². The molecule has 2 aromatic heterocycles. The predicted molar refractivity (Wildman–Crippen MR) is 118 cm³/mol. The lowest BCUT2D eigenvalue weighted by Crippen LogP contribution is -2.35. The van der Waals surface area contributed by atoms with Crippen LogP contribution in [0.5, 0.6) is 5.75 Å². The number of ether oxygens (including phenoxy) is 2. The van der Waals surface area contributed by atoms with Gasteiger partial charge in [0.1, 0.15) is 23.7 Å². The van der Waals surface area contributed by atoms with Crippen LogP contribution in [-0.4, -0.2) is 61.2 Å². The van der Waals surface area contributed by atoms with Crippen LogP contribution in [0.1, 0.15) is 57.1 Å². The van der Waals surface area contributed by atoms with Crippen molar-refractivity contribution in [3.8, 4) is 17.1 Å². The molecule has 1 amide bonds. The molecule has 10 nitrogen and oxygen atoms in total. The molecule has 0 saturated heterocycles. The molecule has 1 N–H and O–H groups in total. The van der Waals surface area contributed by atoms with E-state index in [1.807, 2.05) is 0 Å². The van der Waals surface area contributed by atoms with Gasteiger partial charge in [-0.3, -0.25) is 9.78 Å². The minimum Gasteiger partial charge on any atom is -0.489 e. The summed E-state index contributed by atoms with van der Waals surface area (Å²) in [7, 11) is 3.53. The maximum atomic E-state index is 12.5. The highest BCUT2D eigenvalue weighted by molar-refractivity contribution is 5.70. The second-order valence-electron chi connectivity index (χ2n) is 8.93. The first-order valence-corrected chi connectivity index (χ1v) is 11.6. The quantitative estimate of drug-likeness (QED) is 0.672. The summed E-state index contributed by atoms with van der Waals surface area (Å²) in [6.45, 7) is 0.0489. The molecule has 2 heterocycles. The van der Waals surface area contributed by atoms with Crippen molar-refractivity contribution in [2.24, 2.45) is 13.0 Å². The topological polar surface area (TPSA) is 120 Å². The zero-order valence-electron chi connectivity index (χ0n) is 19.1. The molecule has 0 aromatic carbocycles. The minimum atomic E-state index is -0.762. The van der Waals surface area contributed by atoms with Gasteiger partial charge in [-0.05, 0) is 50.7 Å². The summed E-state index contributed by atoms with van der Waals surface area (Å²) in [6, 6.07) is 3.82. The Morgan fingerprint density at radius 2 is 1.97 bits per heavy atom. The number of nitrogens with zero attached hydrogens (tertiary/aromatic N) is 5. The second-order valence-corrected chi connectivity index (χ2v) is 8.93. The van der Waals surface area contributed by atoms with Gasteiger partial charge in [0.25, 0.3) is 0 Å². The summed E-state index contributed by atoms with van der Waals surface area (Å²) in [5.74, 6) is -0.527. The molecule has 2 aromatic rings. The van der Waals surface area contributed by atoms with Crippen molar-refractivity contribution >= 4 is 12.1 Å². The lowest BCUT2D eigenvalue weighted by atomic mass is 9.87. The van der Waals surface area contributed by atoms with Crippen LogP contribution in [0.15, 0.2) is 18.3 Å². The average molecular weight is 458 g/mol. The van der Waals surface area contributed by atoms with Crippen LogP contribution >= 0.6 is 0 Å². The smallest absolute Gasteiger partial charge is 0.410 e. The van der Waals surface area contributed by atoms with Gasteiger partial charge < -0.3 is 19.5 Å². The van der Waals surface area contributed by atoms with E-state index in [1.54, 1.807) is 42.0 Å². The van der Waals surface area contributed by atoms with Crippen LogP contribution in [0.3, 0.4) is 0 Å². The van der Waals surface area contributed by atoms with Crippen LogP contribution in [0.4, 0.5) is 4.79 Å². The van der Waals surface area contributed by atoms with Gasteiger partial charge in [0.15, 0.2) is 0 Å². The molecule has 4 rings (SSSR count). The third kappa shape index (κ3) is 5.43. The molecule has 2 atom stereocenters. The van der Waals surface area contributed by atoms with Gasteiger partial charge in [-0.2, -0.15) is 0 Å². The fourth-order valence-electron chi connectivity index (χ4n) is 4.67. The molecule has 2 aliphatic carbocycles. The van der Waals surface area contributed by atoms with Crippen LogP contribution in [0, 0.1) is 5.92 Å². The zero-order chi connectivity index (χ0) is 23.4. The van der Waals surface area contributed by atoms with E-state index in [1.165, 1.54) is 0 Å². The van der Waals surface area contributed by atoms with Crippen molar-refractivity contribution in [2.45, 2.75) is 70.1 Å². The van der Waals surface area contributed by atoms with Crippen molar-refractivity contribution in [3.63, 3.8) is 0 Å². The molecule has 2 fully saturated rings. The van der Waals surface area contributed by atoms with Gasteiger partial charge in [0.05, 0.1) is 23.9 Å². The number of carboxylic acids is 1. The maximum Gasteiger partial charge on any atom is 0.410 e.